The summed E-state index contributed by atoms with van der Waals surface area (Å²) in [5.74, 6) is 3.78. The molecule has 1 aromatic rings. The van der Waals surface area contributed by atoms with Crippen LogP contribution in [0.1, 0.15) is 31.9 Å². The SMILES string of the molecule is CCN(CC)CCC(NN)c1cccc(F)c1F. The van der Waals surface area contributed by atoms with E-state index in [1.54, 1.807) is 6.07 Å². The van der Waals surface area contributed by atoms with E-state index >= 15 is 0 Å². The quantitative estimate of drug-likeness (QED) is 0.581. The molecule has 1 atom stereocenters. The van der Waals surface area contributed by atoms with Gasteiger partial charge in [0.05, 0.1) is 6.04 Å². The van der Waals surface area contributed by atoms with Crippen LogP contribution in [0.5, 0.6) is 0 Å². The largest absolute Gasteiger partial charge is 0.304 e. The highest BCUT2D eigenvalue weighted by atomic mass is 19.2. The van der Waals surface area contributed by atoms with Crippen molar-refractivity contribution in [3.05, 3.63) is 35.4 Å². The van der Waals surface area contributed by atoms with Crippen molar-refractivity contribution in [3.8, 4) is 0 Å². The van der Waals surface area contributed by atoms with E-state index in [-0.39, 0.29) is 11.6 Å². The summed E-state index contributed by atoms with van der Waals surface area (Å²) >= 11 is 0. The van der Waals surface area contributed by atoms with E-state index in [0.29, 0.717) is 6.42 Å². The third-order valence-corrected chi connectivity index (χ3v) is 3.19. The fourth-order valence-corrected chi connectivity index (χ4v) is 1.97. The lowest BCUT2D eigenvalue weighted by molar-refractivity contribution is 0.280. The van der Waals surface area contributed by atoms with Crippen molar-refractivity contribution in [2.75, 3.05) is 19.6 Å². The Bertz CT molecular complexity index is 367. The summed E-state index contributed by atoms with van der Waals surface area (Å²) in [6.45, 7) is 6.78. The van der Waals surface area contributed by atoms with E-state index in [0.717, 1.165) is 25.7 Å². The molecular weight excluding hydrogens is 236 g/mol. The minimum atomic E-state index is -0.837. The van der Waals surface area contributed by atoms with Crippen LogP contribution in [-0.2, 0) is 0 Å². The third-order valence-electron chi connectivity index (χ3n) is 3.19. The molecule has 1 rings (SSSR count). The molecule has 0 aliphatic carbocycles. The smallest absolute Gasteiger partial charge is 0.163 e. The van der Waals surface area contributed by atoms with Gasteiger partial charge in [-0.3, -0.25) is 11.3 Å². The topological polar surface area (TPSA) is 41.3 Å². The second kappa shape index (κ2) is 7.41. The zero-order chi connectivity index (χ0) is 13.5. The number of hydrazine groups is 1. The lowest BCUT2D eigenvalue weighted by Gasteiger charge is -2.22. The molecule has 5 heteroatoms. The summed E-state index contributed by atoms with van der Waals surface area (Å²) in [5, 5.41) is 0. The molecule has 0 bridgehead atoms. The Morgan fingerprint density at radius 1 is 1.28 bits per heavy atom. The monoisotopic (exact) mass is 257 g/mol. The van der Waals surface area contributed by atoms with E-state index in [1.807, 2.05) is 0 Å². The van der Waals surface area contributed by atoms with Crippen LogP contribution in [0.25, 0.3) is 0 Å². The zero-order valence-electron chi connectivity index (χ0n) is 10.9. The standard InChI is InChI=1S/C13H21F2N3/c1-3-18(4-2)9-8-12(17-16)10-6-5-7-11(14)13(10)15/h5-7,12,17H,3-4,8-9,16H2,1-2H3. The molecule has 0 saturated heterocycles. The molecule has 102 valence electrons. The average Bonchev–Trinajstić information content (AvgIpc) is 2.39. The fraction of sp³-hybridized carbons (Fsp3) is 0.538. The summed E-state index contributed by atoms with van der Waals surface area (Å²) < 4.78 is 26.8. The van der Waals surface area contributed by atoms with Crippen LogP contribution in [-0.4, -0.2) is 24.5 Å². The van der Waals surface area contributed by atoms with Crippen LogP contribution in [0.4, 0.5) is 8.78 Å². The maximum atomic E-state index is 13.6. The first-order valence-electron chi connectivity index (χ1n) is 6.26. The zero-order valence-corrected chi connectivity index (χ0v) is 10.9. The van der Waals surface area contributed by atoms with Crippen LogP contribution in [0.3, 0.4) is 0 Å². The number of nitrogens with one attached hydrogen (secondary N) is 1. The summed E-state index contributed by atoms with van der Waals surface area (Å²) in [5.41, 5.74) is 2.84. The van der Waals surface area contributed by atoms with Crippen molar-refractivity contribution < 1.29 is 8.78 Å². The van der Waals surface area contributed by atoms with Gasteiger partial charge >= 0.3 is 0 Å². The maximum absolute atomic E-state index is 13.6. The van der Waals surface area contributed by atoms with Crippen molar-refractivity contribution >= 4 is 0 Å². The highest BCUT2D eigenvalue weighted by Gasteiger charge is 2.17. The normalized spacial score (nSPS) is 13.0. The summed E-state index contributed by atoms with van der Waals surface area (Å²) in [4.78, 5) is 2.21. The van der Waals surface area contributed by atoms with Gasteiger partial charge in [0, 0.05) is 5.56 Å². The van der Waals surface area contributed by atoms with Crippen LogP contribution in [0, 0.1) is 11.6 Å². The number of hydrogen-bond acceptors (Lipinski definition) is 3. The van der Waals surface area contributed by atoms with Gasteiger partial charge in [0.25, 0.3) is 0 Å². The van der Waals surface area contributed by atoms with Gasteiger partial charge in [-0.1, -0.05) is 26.0 Å². The summed E-state index contributed by atoms with van der Waals surface area (Å²) in [6.07, 6.45) is 0.637. The van der Waals surface area contributed by atoms with Crippen molar-refractivity contribution in [1.29, 1.82) is 0 Å². The molecule has 0 aromatic heterocycles. The molecule has 0 saturated carbocycles. The first-order chi connectivity index (χ1) is 8.63. The average molecular weight is 257 g/mol. The van der Waals surface area contributed by atoms with E-state index in [2.05, 4.69) is 24.2 Å². The van der Waals surface area contributed by atoms with E-state index in [4.69, 9.17) is 5.84 Å². The molecular formula is C13H21F2N3. The first-order valence-corrected chi connectivity index (χ1v) is 6.26. The van der Waals surface area contributed by atoms with Crippen LogP contribution < -0.4 is 11.3 Å². The van der Waals surface area contributed by atoms with Crippen molar-refractivity contribution in [2.45, 2.75) is 26.3 Å². The van der Waals surface area contributed by atoms with Crippen molar-refractivity contribution in [1.82, 2.24) is 10.3 Å². The minimum absolute atomic E-state index is 0.282. The Kier molecular flexibility index (Phi) is 6.18. The van der Waals surface area contributed by atoms with E-state index in [1.165, 1.54) is 6.07 Å². The van der Waals surface area contributed by atoms with Crippen molar-refractivity contribution in [3.63, 3.8) is 0 Å². The molecule has 1 aromatic carbocycles. The molecule has 3 N–H and O–H groups in total. The Hall–Kier alpha value is -1.04. The highest BCUT2D eigenvalue weighted by Crippen LogP contribution is 2.21. The number of benzene rings is 1. The third kappa shape index (κ3) is 3.73. The highest BCUT2D eigenvalue weighted by molar-refractivity contribution is 5.22. The van der Waals surface area contributed by atoms with Crippen LogP contribution in [0.2, 0.25) is 0 Å². The Morgan fingerprint density at radius 2 is 1.94 bits per heavy atom. The van der Waals surface area contributed by atoms with Gasteiger partial charge in [0.15, 0.2) is 11.6 Å². The molecule has 0 heterocycles. The summed E-state index contributed by atoms with van der Waals surface area (Å²) in [6, 6.07) is 3.79. The first kappa shape index (κ1) is 15.0. The van der Waals surface area contributed by atoms with Gasteiger partial charge in [-0.2, -0.15) is 0 Å². The molecule has 0 amide bonds. The molecule has 18 heavy (non-hydrogen) atoms. The van der Waals surface area contributed by atoms with Gasteiger partial charge in [-0.25, -0.2) is 8.78 Å². The Morgan fingerprint density at radius 3 is 2.50 bits per heavy atom. The number of halogens is 2. The minimum Gasteiger partial charge on any atom is -0.304 e. The predicted molar refractivity (Wildman–Crippen MR) is 68.8 cm³/mol. The lowest BCUT2D eigenvalue weighted by atomic mass is 10.0. The summed E-state index contributed by atoms with van der Waals surface area (Å²) in [7, 11) is 0. The molecule has 0 fully saturated rings. The lowest BCUT2D eigenvalue weighted by Crippen LogP contribution is -2.33. The molecule has 1 unspecified atom stereocenters. The Balaban J connectivity index is 2.74. The maximum Gasteiger partial charge on any atom is 0.163 e. The van der Waals surface area contributed by atoms with Crippen molar-refractivity contribution in [2.24, 2.45) is 5.84 Å². The van der Waals surface area contributed by atoms with Crippen LogP contribution in [0.15, 0.2) is 18.2 Å². The van der Waals surface area contributed by atoms with Gasteiger partial charge in [-0.05, 0) is 32.1 Å². The number of rotatable bonds is 7. The van der Waals surface area contributed by atoms with Gasteiger partial charge < -0.3 is 4.90 Å². The molecule has 3 nitrogen and oxygen atoms in total. The number of nitrogens with two attached hydrogens (primary N) is 1. The molecule has 0 aliphatic rings. The van der Waals surface area contributed by atoms with Gasteiger partial charge in [0.2, 0.25) is 0 Å². The molecule has 0 spiro atoms. The fourth-order valence-electron chi connectivity index (χ4n) is 1.97. The molecule has 0 radical (unpaired) electrons. The Labute approximate surface area is 107 Å². The van der Waals surface area contributed by atoms with Gasteiger partial charge in [-0.15, -0.1) is 0 Å². The number of hydrogen-bond donors (Lipinski definition) is 2. The van der Waals surface area contributed by atoms with Gasteiger partial charge in [0.1, 0.15) is 0 Å². The van der Waals surface area contributed by atoms with E-state index < -0.39 is 11.6 Å². The predicted octanol–water partition coefficient (Wildman–Crippen LogP) is 2.20. The van der Waals surface area contributed by atoms with E-state index in [9.17, 15) is 8.78 Å². The van der Waals surface area contributed by atoms with Crippen LogP contribution >= 0.6 is 0 Å². The second-order valence-corrected chi connectivity index (χ2v) is 4.18. The number of nitrogens with zero attached hydrogens (tertiary/aromatic N) is 1. The molecule has 0 aliphatic heterocycles. The second-order valence-electron chi connectivity index (χ2n) is 4.18.